The molecule has 0 bridgehead atoms. The highest BCUT2D eigenvalue weighted by atomic mass is 16.3. The Morgan fingerprint density at radius 3 is 1.17 bits per heavy atom. The van der Waals surface area contributed by atoms with Crippen molar-refractivity contribution in [2.75, 3.05) is 0 Å². The zero-order valence-corrected chi connectivity index (χ0v) is 21.6. The van der Waals surface area contributed by atoms with E-state index in [1.54, 1.807) is 24.3 Å². The van der Waals surface area contributed by atoms with Crippen LogP contribution in [0.4, 0.5) is 0 Å². The second-order valence-electron chi connectivity index (χ2n) is 10.6. The van der Waals surface area contributed by atoms with Gasteiger partial charge in [-0.3, -0.25) is 0 Å². The van der Waals surface area contributed by atoms with Crippen molar-refractivity contribution in [3.8, 4) is 33.8 Å². The van der Waals surface area contributed by atoms with Gasteiger partial charge in [0.2, 0.25) is 0 Å². The molecule has 2 nitrogen and oxygen atoms in total. The molecule has 0 atom stereocenters. The van der Waals surface area contributed by atoms with E-state index in [1.807, 2.05) is 24.3 Å². The second kappa shape index (κ2) is 9.62. The van der Waals surface area contributed by atoms with Crippen molar-refractivity contribution >= 4 is 0 Å². The number of hydrogen-bond donors (Lipinski definition) is 2. The van der Waals surface area contributed by atoms with Crippen LogP contribution in [0.5, 0.6) is 11.5 Å². The van der Waals surface area contributed by atoms with Crippen molar-refractivity contribution in [1.82, 2.24) is 0 Å². The Kier molecular flexibility index (Phi) is 6.76. The van der Waals surface area contributed by atoms with Crippen LogP contribution in [0.2, 0.25) is 0 Å². The Hall–Kier alpha value is -3.52. The summed E-state index contributed by atoms with van der Waals surface area (Å²) >= 11 is 0. The zero-order chi connectivity index (χ0) is 25.3. The van der Waals surface area contributed by atoms with E-state index >= 15 is 0 Å². The van der Waals surface area contributed by atoms with E-state index in [4.69, 9.17) is 0 Å². The number of rotatable bonds is 6. The van der Waals surface area contributed by atoms with Gasteiger partial charge in [-0.25, -0.2) is 0 Å². The van der Waals surface area contributed by atoms with Crippen molar-refractivity contribution in [3.05, 3.63) is 107 Å². The number of phenols is 2. The van der Waals surface area contributed by atoms with Gasteiger partial charge >= 0.3 is 0 Å². The summed E-state index contributed by atoms with van der Waals surface area (Å²) in [6, 6.07) is 28.4. The average molecular weight is 465 g/mol. The van der Waals surface area contributed by atoms with Crippen molar-refractivity contribution in [2.24, 2.45) is 0 Å². The summed E-state index contributed by atoms with van der Waals surface area (Å²) in [6.07, 6.45) is 0. The van der Waals surface area contributed by atoms with Gasteiger partial charge in [0, 0.05) is 5.41 Å². The largest absolute Gasteiger partial charge is 0.508 e. The molecule has 0 saturated carbocycles. The lowest BCUT2D eigenvalue weighted by molar-refractivity contribution is 0.475. The zero-order valence-electron chi connectivity index (χ0n) is 21.6. The van der Waals surface area contributed by atoms with E-state index in [0.717, 1.165) is 11.1 Å². The van der Waals surface area contributed by atoms with Crippen molar-refractivity contribution < 1.29 is 10.2 Å². The molecule has 4 aromatic rings. The van der Waals surface area contributed by atoms with Crippen LogP contribution in [0.25, 0.3) is 22.3 Å². The number of hydrogen-bond acceptors (Lipinski definition) is 2. The Morgan fingerprint density at radius 1 is 0.514 bits per heavy atom. The van der Waals surface area contributed by atoms with Crippen LogP contribution < -0.4 is 0 Å². The molecule has 0 fully saturated rings. The average Bonchev–Trinajstić information content (AvgIpc) is 2.84. The quantitative estimate of drug-likeness (QED) is 0.299. The second-order valence-corrected chi connectivity index (χ2v) is 10.6. The fraction of sp³-hybridized carbons (Fsp3) is 0.273. The van der Waals surface area contributed by atoms with E-state index in [9.17, 15) is 10.2 Å². The summed E-state index contributed by atoms with van der Waals surface area (Å²) in [7, 11) is 0. The molecule has 0 aliphatic carbocycles. The summed E-state index contributed by atoms with van der Waals surface area (Å²) in [4.78, 5) is 0. The van der Waals surface area contributed by atoms with E-state index < -0.39 is 0 Å². The highest BCUT2D eigenvalue weighted by Gasteiger charge is 2.31. The molecule has 0 amide bonds. The van der Waals surface area contributed by atoms with E-state index in [2.05, 4.69) is 77.9 Å². The van der Waals surface area contributed by atoms with Gasteiger partial charge in [0.25, 0.3) is 0 Å². The first-order chi connectivity index (χ1) is 16.6. The molecule has 180 valence electrons. The van der Waals surface area contributed by atoms with Crippen molar-refractivity contribution in [1.29, 1.82) is 0 Å². The summed E-state index contributed by atoms with van der Waals surface area (Å²) in [5.41, 5.74) is 9.50. The van der Waals surface area contributed by atoms with Crippen LogP contribution in [-0.2, 0) is 5.41 Å². The predicted molar refractivity (Wildman–Crippen MR) is 147 cm³/mol. The molecule has 0 aromatic heterocycles. The molecule has 0 aliphatic rings. The first-order valence-electron chi connectivity index (χ1n) is 12.5. The summed E-state index contributed by atoms with van der Waals surface area (Å²) in [5.74, 6) is 1.26. The van der Waals surface area contributed by atoms with Gasteiger partial charge in [-0.1, -0.05) is 102 Å². The van der Waals surface area contributed by atoms with E-state index in [0.29, 0.717) is 11.8 Å². The Labute approximate surface area is 209 Å². The maximum absolute atomic E-state index is 9.94. The summed E-state index contributed by atoms with van der Waals surface area (Å²) < 4.78 is 0. The fourth-order valence-corrected chi connectivity index (χ4v) is 5.19. The van der Waals surface area contributed by atoms with Gasteiger partial charge < -0.3 is 10.2 Å². The summed E-state index contributed by atoms with van der Waals surface area (Å²) in [5, 5.41) is 19.9. The molecule has 2 N–H and O–H groups in total. The highest BCUT2D eigenvalue weighted by molar-refractivity contribution is 5.79. The first kappa shape index (κ1) is 24.6. The third-order valence-electron chi connectivity index (χ3n) is 7.10. The van der Waals surface area contributed by atoms with Crippen LogP contribution in [0, 0.1) is 0 Å². The van der Waals surface area contributed by atoms with Crippen LogP contribution in [0.15, 0.2) is 84.9 Å². The van der Waals surface area contributed by atoms with E-state index in [-0.39, 0.29) is 16.9 Å². The monoisotopic (exact) mass is 464 g/mol. The SMILES string of the molecule is CC(C)c1cccc(C(C)(C)c2cccc(C(C)C)c2-c2ccc(O)cc2)c1-c1ccc(O)cc1. The van der Waals surface area contributed by atoms with Crippen molar-refractivity contribution in [2.45, 2.75) is 58.8 Å². The molecule has 0 unspecified atom stereocenters. The number of aromatic hydroxyl groups is 2. The molecule has 0 spiro atoms. The third kappa shape index (κ3) is 4.71. The molecular formula is C33H36O2. The van der Waals surface area contributed by atoms with Gasteiger partial charge in [-0.05, 0) is 80.6 Å². The third-order valence-corrected chi connectivity index (χ3v) is 7.10. The minimum atomic E-state index is -0.309. The Morgan fingerprint density at radius 2 is 0.857 bits per heavy atom. The van der Waals surface area contributed by atoms with Crippen molar-refractivity contribution in [3.63, 3.8) is 0 Å². The molecule has 0 heterocycles. The van der Waals surface area contributed by atoms with Crippen LogP contribution in [0.3, 0.4) is 0 Å². The minimum absolute atomic E-state index is 0.274. The molecule has 4 rings (SSSR count). The van der Waals surface area contributed by atoms with Crippen LogP contribution >= 0.6 is 0 Å². The molecule has 0 radical (unpaired) electrons. The molecule has 2 heteroatoms. The smallest absolute Gasteiger partial charge is 0.115 e. The van der Waals surface area contributed by atoms with Gasteiger partial charge in [0.1, 0.15) is 11.5 Å². The van der Waals surface area contributed by atoms with Gasteiger partial charge in [-0.15, -0.1) is 0 Å². The summed E-state index contributed by atoms with van der Waals surface area (Å²) in [6.45, 7) is 13.5. The maximum Gasteiger partial charge on any atom is 0.115 e. The lowest BCUT2D eigenvalue weighted by Crippen LogP contribution is -2.22. The topological polar surface area (TPSA) is 40.5 Å². The maximum atomic E-state index is 9.94. The standard InChI is InChI=1S/C33H36O2/c1-21(2)27-9-7-11-29(31(27)23-13-17-25(34)18-14-23)33(5,6)30-12-8-10-28(22(3)4)32(30)24-15-19-26(35)20-16-24/h7-22,34-35H,1-6H3. The Balaban J connectivity index is 2.03. The lowest BCUT2D eigenvalue weighted by atomic mass is 9.70. The van der Waals surface area contributed by atoms with Gasteiger partial charge in [0.15, 0.2) is 0 Å². The number of benzene rings is 4. The van der Waals surface area contributed by atoms with Crippen LogP contribution in [-0.4, -0.2) is 10.2 Å². The molecule has 4 aromatic carbocycles. The molecule has 35 heavy (non-hydrogen) atoms. The van der Waals surface area contributed by atoms with E-state index in [1.165, 1.54) is 33.4 Å². The van der Waals surface area contributed by atoms with Gasteiger partial charge in [-0.2, -0.15) is 0 Å². The fourth-order valence-electron chi connectivity index (χ4n) is 5.19. The van der Waals surface area contributed by atoms with Crippen LogP contribution in [0.1, 0.15) is 75.6 Å². The lowest BCUT2D eigenvalue weighted by Gasteiger charge is -2.34. The first-order valence-corrected chi connectivity index (χ1v) is 12.5. The molecular weight excluding hydrogens is 428 g/mol. The van der Waals surface area contributed by atoms with Gasteiger partial charge in [0.05, 0.1) is 0 Å². The molecule has 0 saturated heterocycles. The highest BCUT2D eigenvalue weighted by Crippen LogP contribution is 2.46. The number of phenolic OH excluding ortho intramolecular Hbond substituents is 2. The molecule has 0 aliphatic heterocycles. The predicted octanol–water partition coefficient (Wildman–Crippen LogP) is 9.00. The normalized spacial score (nSPS) is 11.9. The Bertz CT molecular complexity index is 1210. The minimum Gasteiger partial charge on any atom is -0.508 e.